The molecular formula is C41H49N5O11. The molecule has 16 nitrogen and oxygen atoms in total. The second kappa shape index (κ2) is 21.6. The van der Waals surface area contributed by atoms with Crippen LogP contribution in [0.4, 0.5) is 5.82 Å². The lowest BCUT2D eigenvalue weighted by Crippen LogP contribution is -2.38. The Hall–Kier alpha value is -6.39. The number of nitrogens with zero attached hydrogens (tertiary/aromatic N) is 4. The third-order valence-electron chi connectivity index (χ3n) is 8.81. The van der Waals surface area contributed by atoms with Gasteiger partial charge in [0.1, 0.15) is 17.3 Å². The van der Waals surface area contributed by atoms with Crippen molar-refractivity contribution in [2.75, 3.05) is 31.5 Å². The predicted octanol–water partition coefficient (Wildman–Crippen LogP) is 5.20. The molecule has 6 N–H and O–H groups in total. The van der Waals surface area contributed by atoms with Crippen molar-refractivity contribution in [2.24, 2.45) is 0 Å². The first-order chi connectivity index (χ1) is 26.9. The number of nitrogens with one attached hydrogen (secondary N) is 1. The number of rotatable bonds is 15. The molecule has 0 aliphatic carbocycles. The van der Waals surface area contributed by atoms with Gasteiger partial charge in [0, 0.05) is 43.9 Å². The first-order valence-electron chi connectivity index (χ1n) is 18.1. The third-order valence-corrected chi connectivity index (χ3v) is 8.81. The molecule has 304 valence electrons. The summed E-state index contributed by atoms with van der Waals surface area (Å²) in [5.74, 6) is -5.19. The van der Waals surface area contributed by atoms with Gasteiger partial charge in [0.25, 0.3) is 0 Å². The van der Waals surface area contributed by atoms with Crippen molar-refractivity contribution >= 4 is 41.3 Å². The van der Waals surface area contributed by atoms with E-state index in [1.165, 1.54) is 22.3 Å². The van der Waals surface area contributed by atoms with Gasteiger partial charge < -0.3 is 40.5 Å². The monoisotopic (exact) mass is 787 g/mol. The quantitative estimate of drug-likeness (QED) is 0.0670. The number of benzene rings is 2. The number of aromatic nitrogens is 3. The number of anilines is 1. The zero-order valence-corrected chi connectivity index (χ0v) is 32.2. The number of hydrogen-bond acceptors (Lipinski definition) is 10. The van der Waals surface area contributed by atoms with Crippen molar-refractivity contribution in [1.82, 2.24) is 19.5 Å². The minimum atomic E-state index is -1.26. The zero-order chi connectivity index (χ0) is 42.1. The van der Waals surface area contributed by atoms with Gasteiger partial charge in [-0.2, -0.15) is 0 Å². The highest BCUT2D eigenvalue weighted by Gasteiger charge is 2.32. The molecular weight excluding hydrogens is 738 g/mol. The molecule has 0 radical (unpaired) electrons. The van der Waals surface area contributed by atoms with Gasteiger partial charge in [-0.3, -0.25) is 4.79 Å². The number of aliphatic carboxylic acids is 5. The third kappa shape index (κ3) is 15.3. The predicted molar refractivity (Wildman–Crippen MR) is 210 cm³/mol. The highest BCUT2D eigenvalue weighted by atomic mass is 16.5. The highest BCUT2D eigenvalue weighted by molar-refractivity contribution is 5.90. The second-order valence-corrected chi connectivity index (χ2v) is 13.8. The van der Waals surface area contributed by atoms with E-state index in [2.05, 4.69) is 82.7 Å². The summed E-state index contributed by atoms with van der Waals surface area (Å²) < 4.78 is 8.41. The van der Waals surface area contributed by atoms with E-state index in [9.17, 15) is 29.1 Å². The van der Waals surface area contributed by atoms with Crippen LogP contribution in [-0.2, 0) is 34.1 Å². The lowest BCUT2D eigenvalue weighted by Gasteiger charge is -2.34. The summed E-state index contributed by atoms with van der Waals surface area (Å²) in [6.07, 6.45) is 7.16. The Kier molecular flexibility index (Phi) is 17.1. The number of ether oxygens (including phenoxy) is 1. The van der Waals surface area contributed by atoms with Crippen LogP contribution in [0, 0.1) is 13.8 Å². The van der Waals surface area contributed by atoms with Crippen LogP contribution in [0.15, 0.2) is 91.2 Å². The van der Waals surface area contributed by atoms with E-state index in [4.69, 9.17) is 25.2 Å². The lowest BCUT2D eigenvalue weighted by atomic mass is 9.90. The van der Waals surface area contributed by atoms with E-state index in [-0.39, 0.29) is 12.2 Å². The number of fused-ring (bicyclic) bond motifs is 1. The highest BCUT2D eigenvalue weighted by Crippen LogP contribution is 2.31. The summed E-state index contributed by atoms with van der Waals surface area (Å²) in [6.45, 7) is 11.4. The number of piperidine rings is 1. The van der Waals surface area contributed by atoms with Crippen LogP contribution in [0.1, 0.15) is 67.2 Å². The van der Waals surface area contributed by atoms with Crippen molar-refractivity contribution in [3.8, 4) is 0 Å². The van der Waals surface area contributed by atoms with Crippen molar-refractivity contribution in [3.63, 3.8) is 0 Å². The van der Waals surface area contributed by atoms with Gasteiger partial charge in [-0.1, -0.05) is 59.7 Å². The molecule has 1 aliphatic rings. The number of imidazole rings is 1. The van der Waals surface area contributed by atoms with Gasteiger partial charge in [0.2, 0.25) is 0 Å². The Balaban J connectivity index is 0.000000457. The fraction of sp³-hybridized carbons (Fsp3) is 0.341. The van der Waals surface area contributed by atoms with Gasteiger partial charge in [0.05, 0.1) is 18.0 Å². The Morgan fingerprint density at radius 2 is 1.25 bits per heavy atom. The molecule has 16 heteroatoms. The topological polar surface area (TPSA) is 241 Å². The molecule has 1 saturated heterocycles. The smallest absolute Gasteiger partial charge is 0.328 e. The maximum atomic E-state index is 11.6. The van der Waals surface area contributed by atoms with Crippen molar-refractivity contribution in [2.45, 2.75) is 64.6 Å². The first kappa shape index (κ1) is 45.0. The average Bonchev–Trinajstić information content (AvgIpc) is 3.60. The van der Waals surface area contributed by atoms with E-state index >= 15 is 0 Å². The minimum absolute atomic E-state index is 0.0523. The standard InChI is InChI=1S/C33H41N5O3.2C4H4O4/c1-23-6-10-25(11-7-23)31(26-12-8-24(2)9-13-26)41-27-16-20-37(21-17-27)19-5-18-34-29-14-15-30-35-28(22-38(30)36-29)33(3,4)32(39)40;2*5-3(6)1-2-4(7)8/h6-15,22,27,31H,5,16-21H2,1-4H3,(H,34,36)(H,39,40);2*1-2H,(H,5,6)(H,7,8)/b;2*2-1+. The number of aryl methyl sites for hydroxylation is 2. The molecule has 5 rings (SSSR count). The summed E-state index contributed by atoms with van der Waals surface area (Å²) in [4.78, 5) is 56.8. The van der Waals surface area contributed by atoms with Crippen LogP contribution in [-0.4, -0.2) is 107 Å². The average molecular weight is 788 g/mol. The molecule has 0 saturated carbocycles. The van der Waals surface area contributed by atoms with Crippen molar-refractivity contribution in [3.05, 3.63) is 119 Å². The van der Waals surface area contributed by atoms with Gasteiger partial charge >= 0.3 is 29.8 Å². The van der Waals surface area contributed by atoms with Crippen LogP contribution >= 0.6 is 0 Å². The SMILES string of the molecule is Cc1ccc(C(OC2CCN(CCCNc3ccc4nc(C(C)(C)C(=O)O)cn4n3)CC2)c2ccc(C)cc2)cc1.O=C(O)/C=C/C(=O)O.O=C(O)/C=C/C(=O)O. The Labute approximate surface area is 329 Å². The van der Waals surface area contributed by atoms with E-state index in [0.717, 1.165) is 51.3 Å². The van der Waals surface area contributed by atoms with Crippen LogP contribution in [0.2, 0.25) is 0 Å². The number of carbonyl (C=O) groups is 5. The maximum absolute atomic E-state index is 11.6. The largest absolute Gasteiger partial charge is 0.481 e. The van der Waals surface area contributed by atoms with E-state index in [0.29, 0.717) is 35.6 Å². The number of likely N-dealkylation sites (tertiary alicyclic amines) is 1. The Morgan fingerprint density at radius 1 is 0.772 bits per heavy atom. The summed E-state index contributed by atoms with van der Waals surface area (Å²) in [5, 5.41) is 48.7. The van der Waals surface area contributed by atoms with E-state index in [1.54, 1.807) is 24.6 Å². The fourth-order valence-corrected chi connectivity index (χ4v) is 5.48. The molecule has 57 heavy (non-hydrogen) atoms. The van der Waals surface area contributed by atoms with Crippen LogP contribution in [0.3, 0.4) is 0 Å². The van der Waals surface area contributed by atoms with Crippen LogP contribution in [0.5, 0.6) is 0 Å². The normalized spacial score (nSPS) is 13.5. The van der Waals surface area contributed by atoms with E-state index in [1.807, 2.05) is 12.1 Å². The molecule has 0 bridgehead atoms. The van der Waals surface area contributed by atoms with Gasteiger partial charge in [-0.25, -0.2) is 28.7 Å². The molecule has 4 aromatic rings. The number of hydrogen-bond donors (Lipinski definition) is 6. The van der Waals surface area contributed by atoms with Gasteiger partial charge in [-0.15, -0.1) is 5.10 Å². The maximum Gasteiger partial charge on any atom is 0.328 e. The first-order valence-corrected chi connectivity index (χ1v) is 18.1. The molecule has 0 amide bonds. The molecule has 1 fully saturated rings. The second-order valence-electron chi connectivity index (χ2n) is 13.8. The minimum Gasteiger partial charge on any atom is -0.481 e. The molecule has 0 spiro atoms. The van der Waals surface area contributed by atoms with Crippen molar-refractivity contribution < 1.29 is 54.2 Å². The van der Waals surface area contributed by atoms with Gasteiger partial charge in [-0.05, 0) is 76.8 Å². The number of carboxylic acid groups (broad SMARTS) is 5. The van der Waals surface area contributed by atoms with Crippen molar-refractivity contribution in [1.29, 1.82) is 0 Å². The Morgan fingerprint density at radius 3 is 1.68 bits per heavy atom. The molecule has 0 atom stereocenters. The Bertz CT molecular complexity index is 1920. The molecule has 1 aliphatic heterocycles. The van der Waals surface area contributed by atoms with Gasteiger partial charge in [0.15, 0.2) is 5.65 Å². The lowest BCUT2D eigenvalue weighted by molar-refractivity contribution is -0.142. The van der Waals surface area contributed by atoms with Crippen LogP contribution in [0.25, 0.3) is 5.65 Å². The summed E-state index contributed by atoms with van der Waals surface area (Å²) in [5.41, 5.74) is 4.98. The molecule has 2 aromatic carbocycles. The molecule has 0 unspecified atom stereocenters. The fourth-order valence-electron chi connectivity index (χ4n) is 5.48. The van der Waals surface area contributed by atoms with E-state index < -0.39 is 35.3 Å². The summed E-state index contributed by atoms with van der Waals surface area (Å²) in [6, 6.07) is 21.2. The summed E-state index contributed by atoms with van der Waals surface area (Å²) >= 11 is 0. The zero-order valence-electron chi connectivity index (χ0n) is 32.2. The molecule has 2 aromatic heterocycles. The summed E-state index contributed by atoms with van der Waals surface area (Å²) in [7, 11) is 0. The van der Waals surface area contributed by atoms with Crippen LogP contribution < -0.4 is 5.32 Å². The molecule has 3 heterocycles. The number of carboxylic acids is 5.